The van der Waals surface area contributed by atoms with E-state index in [2.05, 4.69) is 60.2 Å². The maximum Gasteiger partial charge on any atom is 0.0462 e. The molecule has 0 bridgehead atoms. The molecular formula is C17H19BrClN. The molecule has 2 rings (SSSR count). The lowest BCUT2D eigenvalue weighted by Crippen LogP contribution is -2.19. The van der Waals surface area contributed by atoms with Crippen LogP contribution in [-0.2, 0) is 6.54 Å². The normalized spacial score (nSPS) is 12.4. The Morgan fingerprint density at radius 3 is 2.55 bits per heavy atom. The highest BCUT2D eigenvalue weighted by molar-refractivity contribution is 9.10. The van der Waals surface area contributed by atoms with E-state index in [-0.39, 0.29) is 0 Å². The molecule has 0 fully saturated rings. The molecule has 0 aliphatic carbocycles. The van der Waals surface area contributed by atoms with Crippen molar-refractivity contribution in [3.63, 3.8) is 0 Å². The standard InChI is InChI=1S/C17H19BrClN/c1-11-4-7-16(12(2)8-11)13(3)20-10-14-5-6-15(18)9-17(14)19/h4-9,13,20H,10H2,1-3H3. The fraction of sp³-hybridized carbons (Fsp3) is 0.294. The average Bonchev–Trinajstić information content (AvgIpc) is 2.37. The lowest BCUT2D eigenvalue weighted by atomic mass is 10.00. The van der Waals surface area contributed by atoms with E-state index in [1.807, 2.05) is 18.2 Å². The lowest BCUT2D eigenvalue weighted by Gasteiger charge is -2.17. The van der Waals surface area contributed by atoms with E-state index >= 15 is 0 Å². The molecule has 0 heterocycles. The van der Waals surface area contributed by atoms with Gasteiger partial charge in [-0.2, -0.15) is 0 Å². The van der Waals surface area contributed by atoms with Crippen LogP contribution in [0.4, 0.5) is 0 Å². The van der Waals surface area contributed by atoms with Gasteiger partial charge in [-0.05, 0) is 49.6 Å². The van der Waals surface area contributed by atoms with Crippen LogP contribution in [-0.4, -0.2) is 0 Å². The number of nitrogens with one attached hydrogen (secondary N) is 1. The summed E-state index contributed by atoms with van der Waals surface area (Å²) in [5.41, 5.74) is 5.08. The van der Waals surface area contributed by atoms with Gasteiger partial charge in [0.25, 0.3) is 0 Å². The first-order chi connectivity index (χ1) is 9.47. The van der Waals surface area contributed by atoms with Gasteiger partial charge in [0.2, 0.25) is 0 Å². The second kappa shape index (κ2) is 6.75. The third kappa shape index (κ3) is 3.85. The van der Waals surface area contributed by atoms with E-state index in [1.54, 1.807) is 0 Å². The summed E-state index contributed by atoms with van der Waals surface area (Å²) in [4.78, 5) is 0. The maximum atomic E-state index is 6.24. The smallest absolute Gasteiger partial charge is 0.0462 e. The first-order valence-corrected chi connectivity index (χ1v) is 7.89. The summed E-state index contributed by atoms with van der Waals surface area (Å²) < 4.78 is 1.01. The molecule has 0 saturated carbocycles. The summed E-state index contributed by atoms with van der Waals surface area (Å²) in [6, 6.07) is 12.9. The van der Waals surface area contributed by atoms with Gasteiger partial charge in [-0.15, -0.1) is 0 Å². The molecule has 0 aliphatic rings. The topological polar surface area (TPSA) is 12.0 Å². The molecule has 0 aliphatic heterocycles. The number of benzene rings is 2. The van der Waals surface area contributed by atoms with Crippen LogP contribution in [0.5, 0.6) is 0 Å². The molecule has 0 aromatic heterocycles. The van der Waals surface area contributed by atoms with Gasteiger partial charge in [0.15, 0.2) is 0 Å². The minimum atomic E-state index is 0.301. The Labute approximate surface area is 134 Å². The van der Waals surface area contributed by atoms with E-state index in [0.29, 0.717) is 6.04 Å². The molecule has 0 radical (unpaired) electrons. The van der Waals surface area contributed by atoms with Crippen LogP contribution in [0.2, 0.25) is 5.02 Å². The van der Waals surface area contributed by atoms with Crippen LogP contribution in [0, 0.1) is 13.8 Å². The predicted molar refractivity (Wildman–Crippen MR) is 90.3 cm³/mol. The van der Waals surface area contributed by atoms with Gasteiger partial charge in [-0.25, -0.2) is 0 Å². The summed E-state index contributed by atoms with van der Waals surface area (Å²) in [5.74, 6) is 0. The molecule has 3 heteroatoms. The monoisotopic (exact) mass is 351 g/mol. The molecule has 20 heavy (non-hydrogen) atoms. The highest BCUT2D eigenvalue weighted by Crippen LogP contribution is 2.23. The van der Waals surface area contributed by atoms with Crippen LogP contribution in [0.25, 0.3) is 0 Å². The highest BCUT2D eigenvalue weighted by Gasteiger charge is 2.09. The van der Waals surface area contributed by atoms with Gasteiger partial charge in [0, 0.05) is 22.1 Å². The van der Waals surface area contributed by atoms with Crippen molar-refractivity contribution in [3.8, 4) is 0 Å². The number of hydrogen-bond acceptors (Lipinski definition) is 1. The first kappa shape index (κ1) is 15.6. The van der Waals surface area contributed by atoms with Gasteiger partial charge < -0.3 is 5.32 Å². The Morgan fingerprint density at radius 2 is 1.90 bits per heavy atom. The third-order valence-corrected chi connectivity index (χ3v) is 4.35. The Morgan fingerprint density at radius 1 is 1.15 bits per heavy atom. The van der Waals surface area contributed by atoms with E-state index in [1.165, 1.54) is 16.7 Å². The Kier molecular flexibility index (Phi) is 5.25. The van der Waals surface area contributed by atoms with Gasteiger partial charge >= 0.3 is 0 Å². The summed E-state index contributed by atoms with van der Waals surface area (Å²) in [6.45, 7) is 7.23. The highest BCUT2D eigenvalue weighted by atomic mass is 79.9. The number of hydrogen-bond donors (Lipinski definition) is 1. The quantitative estimate of drug-likeness (QED) is 0.758. The number of rotatable bonds is 4. The molecule has 0 spiro atoms. The van der Waals surface area contributed by atoms with Crippen LogP contribution in [0.15, 0.2) is 40.9 Å². The van der Waals surface area contributed by atoms with E-state index in [9.17, 15) is 0 Å². The molecule has 0 amide bonds. The second-order valence-electron chi connectivity index (χ2n) is 5.20. The largest absolute Gasteiger partial charge is 0.306 e. The summed E-state index contributed by atoms with van der Waals surface area (Å²) >= 11 is 9.67. The van der Waals surface area contributed by atoms with Crippen LogP contribution < -0.4 is 5.32 Å². The van der Waals surface area contributed by atoms with Crippen molar-refractivity contribution in [3.05, 3.63) is 68.1 Å². The third-order valence-electron chi connectivity index (χ3n) is 3.51. The lowest BCUT2D eigenvalue weighted by molar-refractivity contribution is 0.572. The molecule has 1 unspecified atom stereocenters. The van der Waals surface area contributed by atoms with Crippen molar-refractivity contribution in [2.75, 3.05) is 0 Å². The zero-order valence-electron chi connectivity index (χ0n) is 12.0. The van der Waals surface area contributed by atoms with Gasteiger partial charge in [0.1, 0.15) is 0 Å². The fourth-order valence-corrected chi connectivity index (χ4v) is 3.09. The Balaban J connectivity index is 2.06. The van der Waals surface area contributed by atoms with Crippen molar-refractivity contribution in [2.24, 2.45) is 0 Å². The molecule has 1 atom stereocenters. The van der Waals surface area contributed by atoms with Gasteiger partial charge in [-0.1, -0.05) is 57.4 Å². The summed E-state index contributed by atoms with van der Waals surface area (Å²) in [5, 5.41) is 4.33. The molecular weight excluding hydrogens is 334 g/mol. The van der Waals surface area contributed by atoms with Crippen molar-refractivity contribution >= 4 is 27.5 Å². The molecule has 106 valence electrons. The Hall–Kier alpha value is -0.830. The first-order valence-electron chi connectivity index (χ1n) is 6.72. The van der Waals surface area contributed by atoms with Crippen molar-refractivity contribution in [2.45, 2.75) is 33.4 Å². The molecule has 0 saturated heterocycles. The maximum absolute atomic E-state index is 6.24. The summed E-state index contributed by atoms with van der Waals surface area (Å²) in [7, 11) is 0. The van der Waals surface area contributed by atoms with E-state index in [4.69, 9.17) is 11.6 Å². The molecule has 1 N–H and O–H groups in total. The zero-order valence-corrected chi connectivity index (χ0v) is 14.3. The van der Waals surface area contributed by atoms with Crippen LogP contribution >= 0.6 is 27.5 Å². The summed E-state index contributed by atoms with van der Waals surface area (Å²) in [6.07, 6.45) is 0. The van der Waals surface area contributed by atoms with E-state index < -0.39 is 0 Å². The fourth-order valence-electron chi connectivity index (χ4n) is 2.35. The van der Waals surface area contributed by atoms with E-state index in [0.717, 1.165) is 21.6 Å². The average molecular weight is 353 g/mol. The molecule has 1 nitrogen and oxygen atoms in total. The molecule has 2 aromatic rings. The van der Waals surface area contributed by atoms with Crippen molar-refractivity contribution in [1.82, 2.24) is 5.32 Å². The van der Waals surface area contributed by atoms with Crippen LogP contribution in [0.3, 0.4) is 0 Å². The zero-order chi connectivity index (χ0) is 14.7. The number of aryl methyl sites for hydroxylation is 2. The minimum absolute atomic E-state index is 0.301. The predicted octanol–water partition coefficient (Wildman–Crippen LogP) is 5.57. The van der Waals surface area contributed by atoms with Crippen LogP contribution in [0.1, 0.15) is 35.2 Å². The van der Waals surface area contributed by atoms with Gasteiger partial charge in [-0.3, -0.25) is 0 Å². The Bertz CT molecular complexity index is 610. The van der Waals surface area contributed by atoms with Crippen molar-refractivity contribution in [1.29, 1.82) is 0 Å². The SMILES string of the molecule is Cc1ccc(C(C)NCc2ccc(Br)cc2Cl)c(C)c1. The van der Waals surface area contributed by atoms with Crippen molar-refractivity contribution < 1.29 is 0 Å². The molecule has 2 aromatic carbocycles. The minimum Gasteiger partial charge on any atom is -0.306 e. The number of halogens is 2. The van der Waals surface area contributed by atoms with Gasteiger partial charge in [0.05, 0.1) is 0 Å². The second-order valence-corrected chi connectivity index (χ2v) is 6.52.